The lowest BCUT2D eigenvalue weighted by molar-refractivity contribution is -0.136. The highest BCUT2D eigenvalue weighted by molar-refractivity contribution is 7.91. The van der Waals surface area contributed by atoms with Crippen molar-refractivity contribution in [2.75, 3.05) is 24.7 Å². The number of benzene rings is 1. The zero-order chi connectivity index (χ0) is 19.6. The predicted octanol–water partition coefficient (Wildman–Crippen LogP) is 0.115. The minimum atomic E-state index is -3.13. The third-order valence-electron chi connectivity index (χ3n) is 4.53. The minimum absolute atomic E-state index is 0.0501. The molecule has 3 rings (SSSR count). The normalized spacial score (nSPS) is 18.3. The van der Waals surface area contributed by atoms with Crippen molar-refractivity contribution >= 4 is 32.5 Å². The summed E-state index contributed by atoms with van der Waals surface area (Å²) in [4.78, 5) is 37.9. The summed E-state index contributed by atoms with van der Waals surface area (Å²) in [7, 11) is -3.13. The molecule has 1 aliphatic rings. The summed E-state index contributed by atoms with van der Waals surface area (Å²) in [5.74, 6) is -1.34. The Labute approximate surface area is 155 Å². The third-order valence-corrected chi connectivity index (χ3v) is 6.28. The van der Waals surface area contributed by atoms with Crippen LogP contribution >= 0.6 is 0 Å². The molecule has 27 heavy (non-hydrogen) atoms. The molecule has 1 N–H and O–H groups in total. The SMILES string of the molecule is CCN(C(=O)COC(=O)c1n[nH]c(=O)c2ccccc12)[C@@H]1CCS(=O)(=O)C1. The van der Waals surface area contributed by atoms with E-state index < -0.39 is 39.9 Å². The first kappa shape index (κ1) is 19.0. The number of sulfone groups is 1. The number of H-pyrrole nitrogens is 1. The molecule has 0 bridgehead atoms. The third kappa shape index (κ3) is 4.00. The highest BCUT2D eigenvalue weighted by Gasteiger charge is 2.34. The molecule has 1 aromatic heterocycles. The number of hydrogen-bond donors (Lipinski definition) is 1. The van der Waals surface area contributed by atoms with E-state index in [0.717, 1.165) is 0 Å². The van der Waals surface area contributed by atoms with Gasteiger partial charge in [-0.15, -0.1) is 0 Å². The number of esters is 1. The molecule has 0 saturated carbocycles. The van der Waals surface area contributed by atoms with Crippen molar-refractivity contribution in [3.8, 4) is 0 Å². The fourth-order valence-electron chi connectivity index (χ4n) is 3.21. The molecule has 1 aromatic carbocycles. The topological polar surface area (TPSA) is 126 Å². The fraction of sp³-hybridized carbons (Fsp3) is 0.412. The molecule has 2 aromatic rings. The van der Waals surface area contributed by atoms with Crippen LogP contribution in [0.3, 0.4) is 0 Å². The van der Waals surface area contributed by atoms with Gasteiger partial charge in [0.05, 0.1) is 16.9 Å². The number of likely N-dealkylation sites (N-methyl/N-ethyl adjacent to an activating group) is 1. The lowest BCUT2D eigenvalue weighted by atomic mass is 10.1. The number of ether oxygens (including phenoxy) is 1. The van der Waals surface area contributed by atoms with Crippen molar-refractivity contribution in [3.63, 3.8) is 0 Å². The van der Waals surface area contributed by atoms with Crippen LogP contribution in [-0.2, 0) is 19.4 Å². The quantitative estimate of drug-likeness (QED) is 0.715. The Balaban J connectivity index is 1.71. The Hall–Kier alpha value is -2.75. The highest BCUT2D eigenvalue weighted by Crippen LogP contribution is 2.18. The molecule has 1 amide bonds. The van der Waals surface area contributed by atoms with Crippen LogP contribution in [0.1, 0.15) is 23.8 Å². The number of nitrogens with zero attached hydrogens (tertiary/aromatic N) is 2. The second-order valence-corrected chi connectivity index (χ2v) is 8.49. The number of hydrogen-bond acceptors (Lipinski definition) is 7. The fourth-order valence-corrected chi connectivity index (χ4v) is 4.94. The van der Waals surface area contributed by atoms with E-state index >= 15 is 0 Å². The standard InChI is InChI=1S/C17H19N3O6S/c1-2-20(11-7-8-27(24,25)10-11)14(21)9-26-17(23)15-12-5-3-4-6-13(12)16(22)19-18-15/h3-6,11H,2,7-10H2,1H3,(H,19,22)/t11-/m1/s1. The van der Waals surface area contributed by atoms with Crippen LogP contribution < -0.4 is 5.56 Å². The van der Waals surface area contributed by atoms with Gasteiger partial charge in [0, 0.05) is 18.0 Å². The smallest absolute Gasteiger partial charge is 0.359 e. The first-order valence-corrected chi connectivity index (χ1v) is 10.3. The number of amides is 1. The summed E-state index contributed by atoms with van der Waals surface area (Å²) in [5.41, 5.74) is -0.526. The molecule has 10 heteroatoms. The Kier molecular flexibility index (Phi) is 5.26. The lowest BCUT2D eigenvalue weighted by Gasteiger charge is -2.26. The van der Waals surface area contributed by atoms with Crippen LogP contribution in [0.15, 0.2) is 29.1 Å². The van der Waals surface area contributed by atoms with Gasteiger partial charge < -0.3 is 9.64 Å². The van der Waals surface area contributed by atoms with Crippen molar-refractivity contribution in [1.29, 1.82) is 0 Å². The van der Waals surface area contributed by atoms with E-state index in [9.17, 15) is 22.8 Å². The van der Waals surface area contributed by atoms with Crippen molar-refractivity contribution < 1.29 is 22.7 Å². The van der Waals surface area contributed by atoms with Gasteiger partial charge in [-0.05, 0) is 19.4 Å². The van der Waals surface area contributed by atoms with E-state index in [2.05, 4.69) is 10.2 Å². The Bertz CT molecular complexity index is 1050. The zero-order valence-corrected chi connectivity index (χ0v) is 15.5. The van der Waals surface area contributed by atoms with Crippen LogP contribution in [-0.4, -0.2) is 66.1 Å². The maximum atomic E-state index is 12.4. The van der Waals surface area contributed by atoms with Crippen LogP contribution in [0.5, 0.6) is 0 Å². The van der Waals surface area contributed by atoms with Crippen molar-refractivity contribution in [3.05, 3.63) is 40.3 Å². The molecule has 0 radical (unpaired) electrons. The molecule has 0 aliphatic carbocycles. The van der Waals surface area contributed by atoms with E-state index in [1.807, 2.05) is 0 Å². The van der Waals surface area contributed by atoms with Crippen LogP contribution in [0.4, 0.5) is 0 Å². The summed E-state index contributed by atoms with van der Waals surface area (Å²) in [6, 6.07) is 6.03. The van der Waals surface area contributed by atoms with E-state index in [1.54, 1.807) is 31.2 Å². The second-order valence-electron chi connectivity index (χ2n) is 6.26. The van der Waals surface area contributed by atoms with Gasteiger partial charge in [-0.3, -0.25) is 9.59 Å². The minimum Gasteiger partial charge on any atom is -0.451 e. The van der Waals surface area contributed by atoms with Crippen molar-refractivity contribution in [2.45, 2.75) is 19.4 Å². The summed E-state index contributed by atoms with van der Waals surface area (Å²) >= 11 is 0. The van der Waals surface area contributed by atoms with Gasteiger partial charge >= 0.3 is 5.97 Å². The van der Waals surface area contributed by atoms with Gasteiger partial charge in [0.1, 0.15) is 0 Å². The average molecular weight is 393 g/mol. The van der Waals surface area contributed by atoms with Gasteiger partial charge in [0.25, 0.3) is 11.5 Å². The molecular formula is C17H19N3O6S. The summed E-state index contributed by atoms with van der Waals surface area (Å²) in [6.07, 6.45) is 0.377. The van der Waals surface area contributed by atoms with E-state index in [4.69, 9.17) is 4.74 Å². The van der Waals surface area contributed by atoms with Gasteiger partial charge in [0.15, 0.2) is 22.1 Å². The molecular weight excluding hydrogens is 374 g/mol. The molecule has 0 spiro atoms. The first-order chi connectivity index (χ1) is 12.8. The number of carbonyl (C=O) groups is 2. The van der Waals surface area contributed by atoms with E-state index in [1.165, 1.54) is 4.90 Å². The highest BCUT2D eigenvalue weighted by atomic mass is 32.2. The van der Waals surface area contributed by atoms with Crippen LogP contribution in [0.25, 0.3) is 10.8 Å². The maximum Gasteiger partial charge on any atom is 0.359 e. The van der Waals surface area contributed by atoms with Crippen molar-refractivity contribution in [2.24, 2.45) is 0 Å². The number of rotatable bonds is 5. The molecule has 1 saturated heterocycles. The van der Waals surface area contributed by atoms with Crippen molar-refractivity contribution in [1.82, 2.24) is 15.1 Å². The largest absolute Gasteiger partial charge is 0.451 e. The predicted molar refractivity (Wildman–Crippen MR) is 97.1 cm³/mol. The number of fused-ring (bicyclic) bond motifs is 1. The second kappa shape index (κ2) is 7.47. The number of aromatic nitrogens is 2. The summed E-state index contributed by atoms with van der Waals surface area (Å²) in [6.45, 7) is 1.52. The van der Waals surface area contributed by atoms with Crippen LogP contribution in [0, 0.1) is 0 Å². The molecule has 144 valence electrons. The Morgan fingerprint density at radius 3 is 2.63 bits per heavy atom. The Morgan fingerprint density at radius 2 is 2.00 bits per heavy atom. The van der Waals surface area contributed by atoms with E-state index in [0.29, 0.717) is 18.4 Å². The maximum absolute atomic E-state index is 12.4. The molecule has 1 atom stereocenters. The lowest BCUT2D eigenvalue weighted by Crippen LogP contribution is -2.43. The van der Waals surface area contributed by atoms with Crippen LogP contribution in [0.2, 0.25) is 0 Å². The number of carbonyl (C=O) groups excluding carboxylic acids is 2. The zero-order valence-electron chi connectivity index (χ0n) is 14.7. The molecule has 0 unspecified atom stereocenters. The average Bonchev–Trinajstić information content (AvgIpc) is 3.00. The number of aromatic amines is 1. The molecule has 9 nitrogen and oxygen atoms in total. The van der Waals surface area contributed by atoms with E-state index in [-0.39, 0.29) is 22.6 Å². The Morgan fingerprint density at radius 1 is 1.30 bits per heavy atom. The first-order valence-electron chi connectivity index (χ1n) is 8.47. The molecule has 1 fully saturated rings. The monoisotopic (exact) mass is 393 g/mol. The van der Waals surface area contributed by atoms with Gasteiger partial charge in [-0.25, -0.2) is 18.3 Å². The van der Waals surface area contributed by atoms with Gasteiger partial charge in [-0.1, -0.05) is 18.2 Å². The molecule has 2 heterocycles. The summed E-state index contributed by atoms with van der Waals surface area (Å²) in [5, 5.41) is 6.58. The van der Waals surface area contributed by atoms with Gasteiger partial charge in [-0.2, -0.15) is 5.10 Å². The number of nitrogens with one attached hydrogen (secondary N) is 1. The molecule has 1 aliphatic heterocycles. The van der Waals surface area contributed by atoms with Gasteiger partial charge in [0.2, 0.25) is 0 Å². The summed E-state index contributed by atoms with van der Waals surface area (Å²) < 4.78 is 28.3.